The topological polar surface area (TPSA) is 90.6 Å². The molecule has 2 aromatic carbocycles. The van der Waals surface area contributed by atoms with Gasteiger partial charge in [0, 0.05) is 24.1 Å². The van der Waals surface area contributed by atoms with Crippen molar-refractivity contribution >= 4 is 33.9 Å². The summed E-state index contributed by atoms with van der Waals surface area (Å²) in [5.41, 5.74) is 1.57. The Kier molecular flexibility index (Phi) is 6.74. The zero-order chi connectivity index (χ0) is 20.0. The van der Waals surface area contributed by atoms with Gasteiger partial charge in [-0.3, -0.25) is 4.79 Å². The second kappa shape index (κ2) is 9.01. The normalized spacial score (nSPS) is 10.8. The van der Waals surface area contributed by atoms with Crippen LogP contribution in [0.2, 0.25) is 0 Å². The fraction of sp³-hybridized carbons (Fsp3) is 0.150. The highest BCUT2D eigenvalue weighted by Gasteiger charge is 2.13. The monoisotopic (exact) mass is 428 g/mol. The van der Waals surface area contributed by atoms with Crippen LogP contribution in [0.4, 0.5) is 0 Å². The van der Waals surface area contributed by atoms with Crippen molar-refractivity contribution in [2.75, 3.05) is 14.1 Å². The first kappa shape index (κ1) is 20.2. The fourth-order valence-electron chi connectivity index (χ4n) is 2.21. The molecule has 0 aromatic heterocycles. The average molecular weight is 429 g/mol. The van der Waals surface area contributed by atoms with E-state index in [-0.39, 0.29) is 17.7 Å². The van der Waals surface area contributed by atoms with Crippen LogP contribution in [0.15, 0.2) is 52.5 Å². The number of benzene rings is 2. The van der Waals surface area contributed by atoms with Gasteiger partial charge in [-0.15, -0.1) is 0 Å². The predicted octanol–water partition coefficient (Wildman–Crippen LogP) is 3.72. The van der Waals surface area contributed by atoms with Crippen LogP contribution in [-0.2, 0) is 11.4 Å². The number of likely N-dealkylation sites (N-methyl/N-ethyl adjacent to an activating group) is 1. The summed E-state index contributed by atoms with van der Waals surface area (Å²) in [5, 5.41) is 18.2. The number of aromatic carboxylic acids is 1. The van der Waals surface area contributed by atoms with Gasteiger partial charge in [-0.25, -0.2) is 4.79 Å². The van der Waals surface area contributed by atoms with Gasteiger partial charge in [-0.05, 0) is 42.0 Å². The van der Waals surface area contributed by atoms with Crippen LogP contribution in [0.5, 0.6) is 5.75 Å². The zero-order valence-corrected chi connectivity index (χ0v) is 16.4. The number of halogens is 1. The smallest absolute Gasteiger partial charge is 0.335 e. The van der Waals surface area contributed by atoms with Crippen molar-refractivity contribution in [1.82, 2.24) is 4.90 Å². The highest BCUT2D eigenvalue weighted by molar-refractivity contribution is 9.10. The number of rotatable bonds is 6. The maximum absolute atomic E-state index is 12.1. The molecule has 7 heteroatoms. The molecule has 1 N–H and O–H groups in total. The molecule has 1 amide bonds. The van der Waals surface area contributed by atoms with Crippen LogP contribution >= 0.6 is 15.9 Å². The Morgan fingerprint density at radius 1 is 1.22 bits per heavy atom. The molecule has 0 fully saturated rings. The van der Waals surface area contributed by atoms with Gasteiger partial charge >= 0.3 is 5.97 Å². The minimum atomic E-state index is -0.989. The summed E-state index contributed by atoms with van der Waals surface area (Å²) >= 11 is 3.37. The molecule has 0 saturated carbocycles. The van der Waals surface area contributed by atoms with Crippen LogP contribution in [-0.4, -0.2) is 36.0 Å². The largest absolute Gasteiger partial charge is 0.488 e. The number of nitrogens with zero attached hydrogens (tertiary/aromatic N) is 2. The number of hydrogen-bond acceptors (Lipinski definition) is 4. The van der Waals surface area contributed by atoms with Crippen molar-refractivity contribution in [3.8, 4) is 11.8 Å². The summed E-state index contributed by atoms with van der Waals surface area (Å²) in [4.78, 5) is 24.3. The molecule has 0 bridgehead atoms. The first-order chi connectivity index (χ1) is 12.8. The van der Waals surface area contributed by atoms with Gasteiger partial charge < -0.3 is 14.7 Å². The van der Waals surface area contributed by atoms with Gasteiger partial charge in [0.05, 0.1) is 5.56 Å². The second-order valence-corrected chi connectivity index (χ2v) is 6.76. The molecule has 0 radical (unpaired) electrons. The number of nitriles is 1. The number of carboxylic acids is 1. The summed E-state index contributed by atoms with van der Waals surface area (Å²) in [6.07, 6.45) is 1.48. The van der Waals surface area contributed by atoms with Crippen molar-refractivity contribution in [1.29, 1.82) is 5.26 Å². The lowest BCUT2D eigenvalue weighted by molar-refractivity contribution is -0.124. The first-order valence-corrected chi connectivity index (χ1v) is 8.69. The lowest BCUT2D eigenvalue weighted by atomic mass is 10.1. The number of ether oxygens (including phenoxy) is 1. The summed E-state index contributed by atoms with van der Waals surface area (Å²) in [7, 11) is 3.15. The van der Waals surface area contributed by atoms with E-state index in [4.69, 9.17) is 9.84 Å². The van der Waals surface area contributed by atoms with E-state index in [2.05, 4.69) is 15.9 Å². The molecule has 0 saturated heterocycles. The van der Waals surface area contributed by atoms with Crippen molar-refractivity contribution in [2.45, 2.75) is 6.61 Å². The number of carbonyl (C=O) groups excluding carboxylic acids is 1. The molecule has 0 heterocycles. The van der Waals surface area contributed by atoms with Crippen LogP contribution in [0.3, 0.4) is 0 Å². The van der Waals surface area contributed by atoms with E-state index in [9.17, 15) is 14.9 Å². The van der Waals surface area contributed by atoms with Gasteiger partial charge in [-0.1, -0.05) is 28.1 Å². The van der Waals surface area contributed by atoms with Crippen LogP contribution in [0.1, 0.15) is 21.5 Å². The molecule has 0 aliphatic carbocycles. The van der Waals surface area contributed by atoms with Crippen LogP contribution in [0.25, 0.3) is 6.08 Å². The minimum absolute atomic E-state index is 0.00578. The third-order valence-electron chi connectivity index (χ3n) is 3.62. The van der Waals surface area contributed by atoms with Gasteiger partial charge in [0.2, 0.25) is 0 Å². The van der Waals surface area contributed by atoms with E-state index in [0.717, 1.165) is 10.0 Å². The molecule has 0 aliphatic rings. The maximum Gasteiger partial charge on any atom is 0.335 e. The minimum Gasteiger partial charge on any atom is -0.488 e. The zero-order valence-electron chi connectivity index (χ0n) is 14.8. The molecule has 0 aliphatic heterocycles. The Labute approximate surface area is 165 Å². The molecule has 138 valence electrons. The Hall–Kier alpha value is -3.11. The molecule has 2 rings (SSSR count). The molecule has 27 heavy (non-hydrogen) atoms. The standard InChI is InChI=1S/C20H17BrN2O4/c1-23(2)19(24)16(11-22)9-15-10-17(21)7-8-18(15)27-12-13-3-5-14(6-4-13)20(25)26/h3-10H,12H2,1-2H3,(H,25,26)/b16-9-. The van der Waals surface area contributed by atoms with E-state index >= 15 is 0 Å². The Morgan fingerprint density at radius 2 is 1.89 bits per heavy atom. The first-order valence-electron chi connectivity index (χ1n) is 7.90. The third kappa shape index (κ3) is 5.43. The SMILES string of the molecule is CN(C)C(=O)/C(C#N)=C\c1cc(Br)ccc1OCc1ccc(C(=O)O)cc1. The van der Waals surface area contributed by atoms with Gasteiger partial charge in [0.1, 0.15) is 24.0 Å². The van der Waals surface area contributed by atoms with Crippen molar-refractivity contribution in [2.24, 2.45) is 0 Å². The summed E-state index contributed by atoms with van der Waals surface area (Å²) in [5.74, 6) is -0.884. The van der Waals surface area contributed by atoms with E-state index < -0.39 is 11.9 Å². The highest BCUT2D eigenvalue weighted by Crippen LogP contribution is 2.26. The van der Waals surface area contributed by atoms with Gasteiger partial charge in [-0.2, -0.15) is 5.26 Å². The Morgan fingerprint density at radius 3 is 2.44 bits per heavy atom. The van der Waals surface area contributed by atoms with E-state index in [1.165, 1.54) is 23.1 Å². The summed E-state index contributed by atoms with van der Waals surface area (Å²) in [6, 6.07) is 13.6. The van der Waals surface area contributed by atoms with Crippen molar-refractivity contribution < 1.29 is 19.4 Å². The number of amides is 1. The average Bonchev–Trinajstić information content (AvgIpc) is 2.65. The number of carbonyl (C=O) groups is 2. The van der Waals surface area contributed by atoms with Crippen LogP contribution < -0.4 is 4.74 Å². The molecule has 2 aromatic rings. The highest BCUT2D eigenvalue weighted by atomic mass is 79.9. The van der Waals surface area contributed by atoms with Gasteiger partial charge in [0.15, 0.2) is 0 Å². The molecule has 0 spiro atoms. The van der Waals surface area contributed by atoms with Crippen molar-refractivity contribution in [3.05, 3.63) is 69.2 Å². The number of carboxylic acid groups (broad SMARTS) is 1. The molecule has 0 unspecified atom stereocenters. The lowest BCUT2D eigenvalue weighted by Gasteiger charge is -2.12. The number of hydrogen-bond donors (Lipinski definition) is 1. The summed E-state index contributed by atoms with van der Waals surface area (Å²) < 4.78 is 6.60. The second-order valence-electron chi connectivity index (χ2n) is 5.84. The predicted molar refractivity (Wildman–Crippen MR) is 104 cm³/mol. The Bertz CT molecular complexity index is 928. The summed E-state index contributed by atoms with van der Waals surface area (Å²) in [6.45, 7) is 0.214. The van der Waals surface area contributed by atoms with Crippen LogP contribution in [0, 0.1) is 11.3 Å². The molecule has 0 atom stereocenters. The fourth-order valence-corrected chi connectivity index (χ4v) is 2.59. The van der Waals surface area contributed by atoms with E-state index in [0.29, 0.717) is 11.3 Å². The quantitative estimate of drug-likeness (QED) is 0.559. The van der Waals surface area contributed by atoms with Crippen molar-refractivity contribution in [3.63, 3.8) is 0 Å². The van der Waals surface area contributed by atoms with Gasteiger partial charge in [0.25, 0.3) is 5.91 Å². The molecule has 6 nitrogen and oxygen atoms in total. The maximum atomic E-state index is 12.1. The molecular weight excluding hydrogens is 412 g/mol. The lowest BCUT2D eigenvalue weighted by Crippen LogP contribution is -2.22. The third-order valence-corrected chi connectivity index (χ3v) is 4.12. The van der Waals surface area contributed by atoms with E-state index in [1.807, 2.05) is 6.07 Å². The van der Waals surface area contributed by atoms with E-state index in [1.54, 1.807) is 44.4 Å². The Balaban J connectivity index is 2.26. The molecular formula is C20H17BrN2O4.